The van der Waals surface area contributed by atoms with Gasteiger partial charge in [0.1, 0.15) is 0 Å². The van der Waals surface area contributed by atoms with Crippen molar-refractivity contribution in [3.8, 4) is 56.4 Å². The summed E-state index contributed by atoms with van der Waals surface area (Å²) in [6.45, 7) is 7.19. The fourth-order valence-electron chi connectivity index (χ4n) is 6.03. The molecule has 1 aromatic heterocycles. The molecule has 210 valence electrons. The molecular weight excluding hydrogens is 539 g/mol. The predicted octanol–water partition coefficient (Wildman–Crippen LogP) is 9.24. The molecule has 0 bridgehead atoms. The summed E-state index contributed by atoms with van der Waals surface area (Å²) in [5.41, 5.74) is 10.8. The van der Waals surface area contributed by atoms with Gasteiger partial charge in [0.25, 0.3) is 0 Å². The van der Waals surface area contributed by atoms with Gasteiger partial charge in [0.05, 0.1) is 8.07 Å². The summed E-state index contributed by atoms with van der Waals surface area (Å²) in [6, 6.07) is 43.3. The molecule has 1 aliphatic rings. The van der Waals surface area contributed by atoms with Crippen LogP contribution in [0, 0.1) is 0 Å². The van der Waals surface area contributed by atoms with Gasteiger partial charge in [0.15, 0.2) is 17.5 Å². The van der Waals surface area contributed by atoms with Crippen LogP contribution in [0.25, 0.3) is 56.4 Å². The number of benzene rings is 5. The maximum atomic E-state index is 5.04. The van der Waals surface area contributed by atoms with E-state index in [1.807, 2.05) is 18.2 Å². The maximum absolute atomic E-state index is 5.04. The number of rotatable bonds is 6. The lowest BCUT2D eigenvalue weighted by atomic mass is 9.98. The Morgan fingerprint density at radius 1 is 0.465 bits per heavy atom. The van der Waals surface area contributed by atoms with Crippen LogP contribution in [-0.4, -0.2) is 23.0 Å². The van der Waals surface area contributed by atoms with Crippen molar-refractivity contribution in [3.63, 3.8) is 0 Å². The second kappa shape index (κ2) is 11.2. The molecule has 4 heteroatoms. The topological polar surface area (TPSA) is 38.7 Å². The molecule has 1 aliphatic carbocycles. The largest absolute Gasteiger partial charge is 0.208 e. The summed E-state index contributed by atoms with van der Waals surface area (Å²) in [5, 5.41) is 1.48. The average Bonchev–Trinajstić information content (AvgIpc) is 3.54. The van der Waals surface area contributed by atoms with Crippen LogP contribution in [-0.2, 0) is 12.8 Å². The third-order valence-electron chi connectivity index (χ3n) is 8.46. The zero-order valence-corrected chi connectivity index (χ0v) is 26.0. The molecule has 0 unspecified atom stereocenters. The number of fused-ring (bicyclic) bond motifs is 1. The number of hydrogen-bond donors (Lipinski definition) is 0. The molecule has 5 aromatic carbocycles. The lowest BCUT2D eigenvalue weighted by molar-refractivity contribution is 0.911. The number of aryl methyl sites for hydroxylation is 1. The number of aromatic nitrogens is 3. The third-order valence-corrected chi connectivity index (χ3v) is 10.5. The lowest BCUT2D eigenvalue weighted by Gasteiger charge is -2.17. The molecule has 3 nitrogen and oxygen atoms in total. The van der Waals surface area contributed by atoms with Crippen molar-refractivity contribution in [2.75, 3.05) is 0 Å². The van der Waals surface area contributed by atoms with E-state index >= 15 is 0 Å². The van der Waals surface area contributed by atoms with Crippen LogP contribution in [0.1, 0.15) is 17.5 Å². The van der Waals surface area contributed by atoms with Crippen LogP contribution in [0.15, 0.2) is 121 Å². The van der Waals surface area contributed by atoms with Gasteiger partial charge < -0.3 is 0 Å². The average molecular weight is 574 g/mol. The monoisotopic (exact) mass is 573 g/mol. The number of nitrogens with zero attached hydrogens (tertiary/aromatic N) is 3. The van der Waals surface area contributed by atoms with E-state index in [-0.39, 0.29) is 0 Å². The van der Waals surface area contributed by atoms with E-state index in [0.717, 1.165) is 35.4 Å². The van der Waals surface area contributed by atoms with Crippen LogP contribution in [0.2, 0.25) is 19.6 Å². The van der Waals surface area contributed by atoms with Gasteiger partial charge in [0.2, 0.25) is 0 Å². The molecule has 0 saturated heterocycles. The van der Waals surface area contributed by atoms with Gasteiger partial charge in [0, 0.05) is 16.7 Å². The van der Waals surface area contributed by atoms with Gasteiger partial charge in [-0.1, -0.05) is 140 Å². The zero-order chi connectivity index (χ0) is 29.4. The molecule has 1 heterocycles. The first-order chi connectivity index (χ1) is 20.9. The van der Waals surface area contributed by atoms with Crippen molar-refractivity contribution in [2.24, 2.45) is 0 Å². The Kier molecular flexibility index (Phi) is 7.08. The second-order valence-corrected chi connectivity index (χ2v) is 17.5. The van der Waals surface area contributed by atoms with E-state index < -0.39 is 8.07 Å². The van der Waals surface area contributed by atoms with Gasteiger partial charge >= 0.3 is 0 Å². The maximum Gasteiger partial charge on any atom is 0.164 e. The van der Waals surface area contributed by atoms with Crippen molar-refractivity contribution >= 4 is 13.3 Å². The summed E-state index contributed by atoms with van der Waals surface area (Å²) in [6.07, 6.45) is 3.38. The molecule has 0 fully saturated rings. The SMILES string of the molecule is C[Si](C)(C)c1cccc(-c2cccc(-c3ccc(-c4nc(-c5ccccc5)nc(-c5cccc6c5CCC6)n4)cc3)c2)c1. The fourth-order valence-corrected chi connectivity index (χ4v) is 7.21. The fraction of sp³-hybridized carbons (Fsp3) is 0.154. The molecule has 0 N–H and O–H groups in total. The molecule has 0 radical (unpaired) electrons. The predicted molar refractivity (Wildman–Crippen MR) is 182 cm³/mol. The van der Waals surface area contributed by atoms with Crippen LogP contribution in [0.5, 0.6) is 0 Å². The molecule has 0 saturated carbocycles. The summed E-state index contributed by atoms with van der Waals surface area (Å²) >= 11 is 0. The summed E-state index contributed by atoms with van der Waals surface area (Å²) < 4.78 is 0. The molecule has 43 heavy (non-hydrogen) atoms. The molecule has 0 spiro atoms. The molecule has 6 aromatic rings. The van der Waals surface area contributed by atoms with Gasteiger partial charge in [-0.3, -0.25) is 0 Å². The van der Waals surface area contributed by atoms with E-state index in [1.165, 1.54) is 45.0 Å². The quantitative estimate of drug-likeness (QED) is 0.186. The normalized spacial score (nSPS) is 12.7. The van der Waals surface area contributed by atoms with Crippen LogP contribution < -0.4 is 5.19 Å². The van der Waals surface area contributed by atoms with Crippen molar-refractivity contribution in [1.82, 2.24) is 15.0 Å². The van der Waals surface area contributed by atoms with Crippen molar-refractivity contribution in [2.45, 2.75) is 38.9 Å². The summed E-state index contributed by atoms with van der Waals surface area (Å²) in [5.74, 6) is 2.15. The first kappa shape index (κ1) is 27.2. The standard InChI is InChI=1S/C39H35N3Si/c1-43(2,3)34-18-8-17-33(26-34)32-16-7-15-31(25-32)27-21-23-30(24-22-27)38-40-37(29-11-5-4-6-12-29)41-39(42-38)36-20-10-14-28-13-9-19-35(28)36/h4-8,10-12,14-18,20-26H,9,13,19H2,1-3H3. The summed E-state index contributed by atoms with van der Waals surface area (Å²) in [4.78, 5) is 15.0. The van der Waals surface area contributed by atoms with Gasteiger partial charge in [-0.25, -0.2) is 15.0 Å². The Morgan fingerprint density at radius 2 is 1.02 bits per heavy atom. The minimum absolute atomic E-state index is 0.697. The Balaban J connectivity index is 1.26. The first-order valence-electron chi connectivity index (χ1n) is 15.2. The Morgan fingerprint density at radius 3 is 1.74 bits per heavy atom. The number of hydrogen-bond acceptors (Lipinski definition) is 3. The van der Waals surface area contributed by atoms with E-state index in [2.05, 4.69) is 123 Å². The van der Waals surface area contributed by atoms with Crippen molar-refractivity contribution < 1.29 is 0 Å². The van der Waals surface area contributed by atoms with E-state index in [9.17, 15) is 0 Å². The van der Waals surface area contributed by atoms with Crippen LogP contribution >= 0.6 is 0 Å². The Labute approximate surface area is 255 Å². The Bertz CT molecular complexity index is 1920. The Hall–Kier alpha value is -4.67. The highest BCUT2D eigenvalue weighted by atomic mass is 28.3. The van der Waals surface area contributed by atoms with Crippen molar-refractivity contribution in [3.05, 3.63) is 132 Å². The van der Waals surface area contributed by atoms with E-state index in [0.29, 0.717) is 11.6 Å². The highest BCUT2D eigenvalue weighted by Crippen LogP contribution is 2.33. The third kappa shape index (κ3) is 5.59. The van der Waals surface area contributed by atoms with E-state index in [4.69, 9.17) is 15.0 Å². The van der Waals surface area contributed by atoms with E-state index in [1.54, 1.807) is 0 Å². The second-order valence-electron chi connectivity index (χ2n) is 12.5. The van der Waals surface area contributed by atoms with Crippen LogP contribution in [0.4, 0.5) is 0 Å². The minimum Gasteiger partial charge on any atom is -0.208 e. The smallest absolute Gasteiger partial charge is 0.164 e. The molecule has 7 rings (SSSR count). The van der Waals surface area contributed by atoms with Crippen molar-refractivity contribution in [1.29, 1.82) is 0 Å². The van der Waals surface area contributed by atoms with Gasteiger partial charge in [-0.2, -0.15) is 0 Å². The highest BCUT2D eigenvalue weighted by molar-refractivity contribution is 6.88. The molecule has 0 aliphatic heterocycles. The summed E-state index contributed by atoms with van der Waals surface area (Å²) in [7, 11) is -1.39. The highest BCUT2D eigenvalue weighted by Gasteiger charge is 2.20. The zero-order valence-electron chi connectivity index (χ0n) is 25.0. The molecule has 0 amide bonds. The minimum atomic E-state index is -1.39. The van der Waals surface area contributed by atoms with Crippen LogP contribution in [0.3, 0.4) is 0 Å². The molecular formula is C39H35N3Si. The van der Waals surface area contributed by atoms with Gasteiger partial charge in [-0.15, -0.1) is 0 Å². The lowest BCUT2D eigenvalue weighted by Crippen LogP contribution is -2.37. The molecule has 0 atom stereocenters. The van der Waals surface area contributed by atoms with Gasteiger partial charge in [-0.05, 0) is 58.7 Å². The first-order valence-corrected chi connectivity index (χ1v) is 18.7.